The maximum absolute atomic E-state index is 15.1. The Labute approximate surface area is 243 Å². The van der Waals surface area contributed by atoms with Gasteiger partial charge in [0.15, 0.2) is 23.2 Å². The minimum atomic E-state index is -0.919. The largest absolute Gasteiger partial charge is 0.490 e. The van der Waals surface area contributed by atoms with E-state index in [2.05, 4.69) is 13.5 Å². The van der Waals surface area contributed by atoms with Crippen molar-refractivity contribution in [2.24, 2.45) is 5.92 Å². The molecule has 6 heteroatoms. The molecule has 0 saturated heterocycles. The fourth-order valence-corrected chi connectivity index (χ4v) is 6.55. The number of unbranched alkanes of at least 4 members (excludes halogenated alkanes) is 2. The summed E-state index contributed by atoms with van der Waals surface area (Å²) >= 11 is 0. The fraction of sp³-hybridized carbons (Fsp3) is 0.600. The van der Waals surface area contributed by atoms with Crippen molar-refractivity contribution < 1.29 is 27.0 Å². The molecule has 41 heavy (non-hydrogen) atoms. The maximum Gasteiger partial charge on any atom is 0.200 e. The lowest BCUT2D eigenvalue weighted by Gasteiger charge is -2.30. The average Bonchev–Trinajstić information content (AvgIpc) is 2.99. The van der Waals surface area contributed by atoms with Gasteiger partial charge in [-0.1, -0.05) is 37.6 Å². The van der Waals surface area contributed by atoms with Crippen LogP contribution in [0.2, 0.25) is 0 Å². The normalized spacial score (nSPS) is 23.0. The van der Waals surface area contributed by atoms with Gasteiger partial charge in [-0.25, -0.2) is 13.2 Å². The van der Waals surface area contributed by atoms with Gasteiger partial charge in [0.25, 0.3) is 0 Å². The topological polar surface area (TPSA) is 18.5 Å². The molecule has 2 fully saturated rings. The second-order valence-electron chi connectivity index (χ2n) is 12.0. The van der Waals surface area contributed by atoms with Crippen molar-refractivity contribution in [2.75, 3.05) is 13.2 Å². The van der Waals surface area contributed by atoms with Crippen LogP contribution in [0.25, 0.3) is 0 Å². The van der Waals surface area contributed by atoms with Crippen molar-refractivity contribution >= 4 is 0 Å². The first-order valence-corrected chi connectivity index (χ1v) is 15.7. The molecular formula is C35H46F4O2. The number of ether oxygens (including phenoxy) is 2. The molecule has 0 spiro atoms. The van der Waals surface area contributed by atoms with Gasteiger partial charge in [-0.15, -0.1) is 6.58 Å². The molecule has 2 nitrogen and oxygen atoms in total. The molecule has 0 aliphatic heterocycles. The highest BCUT2D eigenvalue weighted by molar-refractivity contribution is 5.33. The Morgan fingerprint density at radius 2 is 1.39 bits per heavy atom. The number of hydrogen-bond acceptors (Lipinski definition) is 2. The zero-order chi connectivity index (χ0) is 29.2. The van der Waals surface area contributed by atoms with Crippen LogP contribution in [0.1, 0.15) is 119 Å². The average molecular weight is 575 g/mol. The van der Waals surface area contributed by atoms with E-state index in [1.165, 1.54) is 6.07 Å². The molecule has 0 N–H and O–H groups in total. The monoisotopic (exact) mass is 574 g/mol. The van der Waals surface area contributed by atoms with Crippen molar-refractivity contribution in [3.05, 3.63) is 76.9 Å². The van der Waals surface area contributed by atoms with Gasteiger partial charge in [0.05, 0.1) is 12.7 Å². The van der Waals surface area contributed by atoms with Crippen LogP contribution in [0, 0.1) is 29.2 Å². The van der Waals surface area contributed by atoms with Crippen LogP contribution >= 0.6 is 0 Å². The third-order valence-electron chi connectivity index (χ3n) is 9.15. The zero-order valence-corrected chi connectivity index (χ0v) is 24.5. The van der Waals surface area contributed by atoms with Gasteiger partial charge in [-0.2, -0.15) is 4.39 Å². The summed E-state index contributed by atoms with van der Waals surface area (Å²) in [4.78, 5) is 0. The van der Waals surface area contributed by atoms with Crippen molar-refractivity contribution in [2.45, 2.75) is 115 Å². The van der Waals surface area contributed by atoms with Crippen LogP contribution < -0.4 is 4.74 Å². The molecule has 2 aliphatic carbocycles. The predicted molar refractivity (Wildman–Crippen MR) is 157 cm³/mol. The molecule has 0 atom stereocenters. The van der Waals surface area contributed by atoms with Crippen molar-refractivity contribution in [3.8, 4) is 5.75 Å². The first-order chi connectivity index (χ1) is 19.9. The lowest BCUT2D eigenvalue weighted by Crippen LogP contribution is -2.22. The third kappa shape index (κ3) is 8.37. The van der Waals surface area contributed by atoms with E-state index in [-0.39, 0.29) is 23.7 Å². The molecule has 4 rings (SSSR count). The molecule has 0 unspecified atom stereocenters. The Morgan fingerprint density at radius 3 is 2.05 bits per heavy atom. The van der Waals surface area contributed by atoms with Gasteiger partial charge in [-0.05, 0) is 124 Å². The van der Waals surface area contributed by atoms with E-state index < -0.39 is 23.3 Å². The second kappa shape index (κ2) is 15.8. The van der Waals surface area contributed by atoms with Gasteiger partial charge in [0, 0.05) is 6.61 Å². The van der Waals surface area contributed by atoms with Gasteiger partial charge in [-0.3, -0.25) is 0 Å². The standard InChI is InChI=1S/C35H46F4O2/c1-3-5-7-23-41-31-21-20-30(34(38)35(31)39)25-11-8-24(9-12-25)10-13-27-16-19-29(33(37)32(27)36)26-14-17-28(18-15-26)40-22-6-4-2/h3,16,19-21,24-26,28H,1,4-15,17-18,22-23H2,2H3. The van der Waals surface area contributed by atoms with Crippen molar-refractivity contribution in [1.82, 2.24) is 0 Å². The molecular weight excluding hydrogens is 528 g/mol. The predicted octanol–water partition coefficient (Wildman–Crippen LogP) is 10.3. The minimum Gasteiger partial charge on any atom is -0.490 e. The molecule has 0 amide bonds. The Kier molecular flexibility index (Phi) is 12.1. The first kappa shape index (κ1) is 31.6. The third-order valence-corrected chi connectivity index (χ3v) is 9.15. The Hall–Kier alpha value is -2.34. The zero-order valence-electron chi connectivity index (χ0n) is 24.5. The van der Waals surface area contributed by atoms with Crippen LogP contribution in [-0.4, -0.2) is 19.3 Å². The second-order valence-corrected chi connectivity index (χ2v) is 12.0. The van der Waals surface area contributed by atoms with E-state index in [4.69, 9.17) is 9.47 Å². The lowest BCUT2D eigenvalue weighted by atomic mass is 9.76. The number of hydrogen-bond donors (Lipinski definition) is 0. The van der Waals surface area contributed by atoms with Crippen LogP contribution in [0.3, 0.4) is 0 Å². The van der Waals surface area contributed by atoms with E-state index >= 15 is 8.78 Å². The van der Waals surface area contributed by atoms with E-state index in [0.29, 0.717) is 42.1 Å². The molecule has 2 aliphatic rings. The number of aryl methyl sites for hydroxylation is 1. The Balaban J connectivity index is 1.25. The molecule has 0 radical (unpaired) electrons. The fourth-order valence-electron chi connectivity index (χ4n) is 6.55. The molecule has 0 aromatic heterocycles. The molecule has 2 saturated carbocycles. The van der Waals surface area contributed by atoms with E-state index in [1.807, 2.05) is 0 Å². The molecule has 0 heterocycles. The van der Waals surface area contributed by atoms with Crippen LogP contribution in [0.5, 0.6) is 5.75 Å². The first-order valence-electron chi connectivity index (χ1n) is 15.7. The molecule has 2 aromatic carbocycles. The maximum atomic E-state index is 15.1. The molecule has 226 valence electrons. The smallest absolute Gasteiger partial charge is 0.200 e. The van der Waals surface area contributed by atoms with Gasteiger partial charge < -0.3 is 9.47 Å². The Morgan fingerprint density at radius 1 is 0.756 bits per heavy atom. The van der Waals surface area contributed by atoms with Crippen molar-refractivity contribution in [3.63, 3.8) is 0 Å². The summed E-state index contributed by atoms with van der Waals surface area (Å²) in [6.07, 6.45) is 13.5. The molecule has 2 aromatic rings. The van der Waals surface area contributed by atoms with Gasteiger partial charge in [0.2, 0.25) is 5.82 Å². The van der Waals surface area contributed by atoms with E-state index in [0.717, 1.165) is 83.7 Å². The van der Waals surface area contributed by atoms with Gasteiger partial charge >= 0.3 is 0 Å². The summed E-state index contributed by atoms with van der Waals surface area (Å²) in [6.45, 7) is 6.88. The lowest BCUT2D eigenvalue weighted by molar-refractivity contribution is 0.0230. The highest BCUT2D eigenvalue weighted by Gasteiger charge is 2.29. The summed E-state index contributed by atoms with van der Waals surface area (Å²) in [7, 11) is 0. The SMILES string of the molecule is C=CCCCOc1ccc(C2CCC(CCc3ccc(C4CCC(OCCCC)CC4)c(F)c3F)CC2)c(F)c1F. The summed E-state index contributed by atoms with van der Waals surface area (Å²) in [6, 6.07) is 6.74. The Bertz CT molecular complexity index is 1120. The van der Waals surface area contributed by atoms with Crippen molar-refractivity contribution in [1.29, 1.82) is 0 Å². The minimum absolute atomic E-state index is 0.0444. The number of halogens is 4. The van der Waals surface area contributed by atoms with E-state index in [1.54, 1.807) is 24.3 Å². The van der Waals surface area contributed by atoms with Gasteiger partial charge in [0.1, 0.15) is 0 Å². The highest BCUT2D eigenvalue weighted by Crippen LogP contribution is 2.41. The summed E-state index contributed by atoms with van der Waals surface area (Å²) in [5.74, 6) is -2.82. The van der Waals surface area contributed by atoms with E-state index in [9.17, 15) is 8.78 Å². The molecule has 0 bridgehead atoms. The summed E-state index contributed by atoms with van der Waals surface area (Å²) < 4.78 is 71.0. The summed E-state index contributed by atoms with van der Waals surface area (Å²) in [5.41, 5.74) is 1.34. The summed E-state index contributed by atoms with van der Waals surface area (Å²) in [5, 5.41) is 0. The number of benzene rings is 2. The van der Waals surface area contributed by atoms with Crippen LogP contribution in [0.15, 0.2) is 36.9 Å². The number of allylic oxidation sites excluding steroid dienone is 1. The number of rotatable bonds is 14. The van der Waals surface area contributed by atoms with Crippen LogP contribution in [0.4, 0.5) is 17.6 Å². The highest BCUT2D eigenvalue weighted by atomic mass is 19.2. The quantitative estimate of drug-likeness (QED) is 0.127. The van der Waals surface area contributed by atoms with Crippen LogP contribution in [-0.2, 0) is 11.2 Å².